The van der Waals surface area contributed by atoms with Crippen molar-refractivity contribution in [1.82, 2.24) is 9.55 Å². The van der Waals surface area contributed by atoms with Crippen molar-refractivity contribution in [3.05, 3.63) is 58.0 Å². The van der Waals surface area contributed by atoms with E-state index >= 15 is 0 Å². The predicted molar refractivity (Wildman–Crippen MR) is 80.5 cm³/mol. The van der Waals surface area contributed by atoms with E-state index in [1.54, 1.807) is 41.2 Å². The van der Waals surface area contributed by atoms with Gasteiger partial charge in [-0.15, -0.1) is 11.3 Å². The van der Waals surface area contributed by atoms with Crippen molar-refractivity contribution >= 4 is 21.6 Å². The molecule has 0 radical (unpaired) electrons. The van der Waals surface area contributed by atoms with E-state index in [2.05, 4.69) is 4.98 Å². The van der Waals surface area contributed by atoms with Crippen LogP contribution < -0.4 is 10.3 Å². The molecule has 0 spiro atoms. The Morgan fingerprint density at radius 1 is 1.29 bits per heavy atom. The zero-order chi connectivity index (χ0) is 14.7. The summed E-state index contributed by atoms with van der Waals surface area (Å²) in [6.07, 6.45) is 1.54. The van der Waals surface area contributed by atoms with Crippen molar-refractivity contribution < 1.29 is 4.74 Å². The van der Waals surface area contributed by atoms with Gasteiger partial charge in [0, 0.05) is 0 Å². The summed E-state index contributed by atoms with van der Waals surface area (Å²) in [5, 5.41) is 11.2. The predicted octanol–water partition coefficient (Wildman–Crippen LogP) is 2.41. The van der Waals surface area contributed by atoms with Crippen molar-refractivity contribution in [2.75, 3.05) is 6.61 Å². The van der Waals surface area contributed by atoms with Gasteiger partial charge in [-0.1, -0.05) is 0 Å². The highest BCUT2D eigenvalue weighted by molar-refractivity contribution is 7.16. The zero-order valence-corrected chi connectivity index (χ0v) is 11.8. The van der Waals surface area contributed by atoms with Crippen molar-refractivity contribution in [2.45, 2.75) is 6.54 Å². The van der Waals surface area contributed by atoms with Crippen LogP contribution in [0.15, 0.2) is 46.8 Å². The number of ether oxygens (including phenoxy) is 1. The average molecular weight is 297 g/mol. The highest BCUT2D eigenvalue weighted by atomic mass is 32.1. The van der Waals surface area contributed by atoms with Crippen LogP contribution in [0.5, 0.6) is 5.75 Å². The van der Waals surface area contributed by atoms with E-state index in [1.807, 2.05) is 11.4 Å². The van der Waals surface area contributed by atoms with Crippen LogP contribution >= 0.6 is 11.3 Å². The van der Waals surface area contributed by atoms with E-state index in [1.165, 1.54) is 11.3 Å². The minimum absolute atomic E-state index is 0.0512. The van der Waals surface area contributed by atoms with Crippen molar-refractivity contribution in [1.29, 1.82) is 5.26 Å². The van der Waals surface area contributed by atoms with Gasteiger partial charge < -0.3 is 4.74 Å². The van der Waals surface area contributed by atoms with E-state index in [0.29, 0.717) is 29.9 Å². The van der Waals surface area contributed by atoms with Gasteiger partial charge in [0.05, 0.1) is 29.9 Å². The third-order valence-electron chi connectivity index (χ3n) is 3.03. The van der Waals surface area contributed by atoms with Crippen molar-refractivity contribution in [3.63, 3.8) is 0 Å². The van der Waals surface area contributed by atoms with Gasteiger partial charge in [0.25, 0.3) is 5.56 Å². The molecule has 104 valence electrons. The number of nitrogens with zero attached hydrogens (tertiary/aromatic N) is 3. The van der Waals surface area contributed by atoms with Gasteiger partial charge in [-0.2, -0.15) is 5.26 Å². The molecule has 2 aromatic heterocycles. The summed E-state index contributed by atoms with van der Waals surface area (Å²) in [6, 6.07) is 10.7. The molecular weight excluding hydrogens is 286 g/mol. The number of benzene rings is 1. The third kappa shape index (κ3) is 2.78. The molecule has 0 saturated carbocycles. The van der Waals surface area contributed by atoms with Crippen LogP contribution in [-0.2, 0) is 6.54 Å². The molecule has 5 nitrogen and oxygen atoms in total. The maximum Gasteiger partial charge on any atom is 0.262 e. The lowest BCUT2D eigenvalue weighted by molar-refractivity contribution is 0.296. The monoisotopic (exact) mass is 297 g/mol. The van der Waals surface area contributed by atoms with Crippen LogP contribution in [0, 0.1) is 11.3 Å². The average Bonchev–Trinajstić information content (AvgIpc) is 3.00. The second kappa shape index (κ2) is 5.77. The Balaban J connectivity index is 1.67. The smallest absolute Gasteiger partial charge is 0.262 e. The maximum absolute atomic E-state index is 12.2. The first-order valence-corrected chi connectivity index (χ1v) is 7.21. The number of nitriles is 1. The number of fused-ring (bicyclic) bond motifs is 1. The second-order valence-electron chi connectivity index (χ2n) is 4.37. The molecule has 0 aliphatic heterocycles. The van der Waals surface area contributed by atoms with Crippen LogP contribution in [0.2, 0.25) is 0 Å². The number of hydrogen-bond donors (Lipinski definition) is 0. The number of aromatic nitrogens is 2. The first-order chi connectivity index (χ1) is 10.3. The Kier molecular flexibility index (Phi) is 3.67. The van der Waals surface area contributed by atoms with Gasteiger partial charge in [-0.25, -0.2) is 4.98 Å². The van der Waals surface area contributed by atoms with Crippen LogP contribution in [-0.4, -0.2) is 16.2 Å². The van der Waals surface area contributed by atoms with Gasteiger partial charge in [0.2, 0.25) is 0 Å². The summed E-state index contributed by atoms with van der Waals surface area (Å²) < 4.78 is 7.10. The summed E-state index contributed by atoms with van der Waals surface area (Å²) in [5.74, 6) is 0.673. The summed E-state index contributed by atoms with van der Waals surface area (Å²) in [4.78, 5) is 17.1. The fourth-order valence-corrected chi connectivity index (χ4v) is 2.66. The summed E-state index contributed by atoms with van der Waals surface area (Å²) in [6.45, 7) is 0.792. The minimum atomic E-state index is -0.0512. The molecule has 2 heterocycles. The molecule has 3 aromatic rings. The van der Waals surface area contributed by atoms with Crippen LogP contribution in [0.4, 0.5) is 0 Å². The Hall–Kier alpha value is -2.65. The standard InChI is InChI=1S/C15H11N3O2S/c16-9-11-1-3-12(4-2-11)20-7-6-18-10-17-14-13(15(18)19)5-8-21-14/h1-5,8,10H,6-7H2. The first kappa shape index (κ1) is 13.3. The highest BCUT2D eigenvalue weighted by Gasteiger charge is 2.04. The fourth-order valence-electron chi connectivity index (χ4n) is 1.94. The maximum atomic E-state index is 12.2. The van der Waals surface area contributed by atoms with Crippen LogP contribution in [0.25, 0.3) is 10.2 Å². The van der Waals surface area contributed by atoms with E-state index < -0.39 is 0 Å². The lowest BCUT2D eigenvalue weighted by Crippen LogP contribution is -2.23. The molecule has 3 rings (SSSR count). The molecule has 0 aliphatic carbocycles. The molecule has 0 aliphatic rings. The minimum Gasteiger partial charge on any atom is -0.492 e. The van der Waals surface area contributed by atoms with Gasteiger partial charge in [-0.3, -0.25) is 9.36 Å². The highest BCUT2D eigenvalue weighted by Crippen LogP contribution is 2.14. The molecule has 6 heteroatoms. The Labute approximate surface area is 124 Å². The summed E-state index contributed by atoms with van der Waals surface area (Å²) >= 11 is 1.45. The Morgan fingerprint density at radius 2 is 2.10 bits per heavy atom. The van der Waals surface area contributed by atoms with Crippen LogP contribution in [0.3, 0.4) is 0 Å². The van der Waals surface area contributed by atoms with Crippen molar-refractivity contribution in [3.8, 4) is 11.8 Å². The molecule has 0 unspecified atom stereocenters. The number of thiophene rings is 1. The molecule has 0 N–H and O–H groups in total. The number of rotatable bonds is 4. The molecule has 1 aromatic carbocycles. The SMILES string of the molecule is N#Cc1ccc(OCCn2cnc3sccc3c2=O)cc1. The third-order valence-corrected chi connectivity index (χ3v) is 3.86. The summed E-state index contributed by atoms with van der Waals surface area (Å²) in [5.41, 5.74) is 0.537. The van der Waals surface area contributed by atoms with Gasteiger partial charge in [-0.05, 0) is 35.7 Å². The lowest BCUT2D eigenvalue weighted by atomic mass is 10.2. The molecule has 0 amide bonds. The number of hydrogen-bond acceptors (Lipinski definition) is 5. The molecule has 0 fully saturated rings. The quantitative estimate of drug-likeness (QED) is 0.741. The van der Waals surface area contributed by atoms with E-state index in [-0.39, 0.29) is 5.56 Å². The Morgan fingerprint density at radius 3 is 2.86 bits per heavy atom. The van der Waals surface area contributed by atoms with Crippen molar-refractivity contribution in [2.24, 2.45) is 0 Å². The summed E-state index contributed by atoms with van der Waals surface area (Å²) in [7, 11) is 0. The fraction of sp³-hybridized carbons (Fsp3) is 0.133. The Bertz CT molecular complexity index is 859. The second-order valence-corrected chi connectivity index (χ2v) is 5.26. The van der Waals surface area contributed by atoms with Gasteiger partial charge in [0.15, 0.2) is 0 Å². The normalized spacial score (nSPS) is 10.4. The largest absolute Gasteiger partial charge is 0.492 e. The first-order valence-electron chi connectivity index (χ1n) is 6.33. The molecule has 0 saturated heterocycles. The van der Waals surface area contributed by atoms with Gasteiger partial charge in [0.1, 0.15) is 17.2 Å². The molecule has 0 bridgehead atoms. The van der Waals surface area contributed by atoms with E-state index in [4.69, 9.17) is 10.00 Å². The van der Waals surface area contributed by atoms with Crippen LogP contribution in [0.1, 0.15) is 5.56 Å². The van der Waals surface area contributed by atoms with E-state index in [0.717, 1.165) is 4.83 Å². The molecule has 21 heavy (non-hydrogen) atoms. The van der Waals surface area contributed by atoms with E-state index in [9.17, 15) is 4.79 Å². The van der Waals surface area contributed by atoms with Gasteiger partial charge >= 0.3 is 0 Å². The lowest BCUT2D eigenvalue weighted by Gasteiger charge is -2.08. The molecule has 0 atom stereocenters. The topological polar surface area (TPSA) is 67.9 Å². The molecular formula is C15H11N3O2S. The zero-order valence-electron chi connectivity index (χ0n) is 11.0.